The molecule has 88 valence electrons. The summed E-state index contributed by atoms with van der Waals surface area (Å²) in [4.78, 5) is 7.91. The van der Waals surface area contributed by atoms with Crippen LogP contribution in [0.15, 0.2) is 36.7 Å². The number of halogens is 1. The number of ether oxygens (including phenoxy) is 1. The Labute approximate surface area is 105 Å². The molecule has 2 aromatic rings. The Morgan fingerprint density at radius 1 is 1.06 bits per heavy atom. The first-order valence-electron chi connectivity index (χ1n) is 5.41. The van der Waals surface area contributed by atoms with Gasteiger partial charge in [-0.2, -0.15) is 0 Å². The van der Waals surface area contributed by atoms with E-state index in [1.807, 2.05) is 24.3 Å². The van der Waals surface area contributed by atoms with Crippen molar-refractivity contribution in [3.8, 4) is 11.6 Å². The molecule has 0 radical (unpaired) electrons. The van der Waals surface area contributed by atoms with Gasteiger partial charge in [-0.25, -0.2) is 9.97 Å². The fourth-order valence-electron chi connectivity index (χ4n) is 1.41. The quantitative estimate of drug-likeness (QED) is 0.822. The van der Waals surface area contributed by atoms with Crippen LogP contribution < -0.4 is 4.74 Å². The average molecular weight is 249 g/mol. The van der Waals surface area contributed by atoms with E-state index in [1.165, 1.54) is 11.8 Å². The highest BCUT2D eigenvalue weighted by atomic mass is 35.5. The lowest BCUT2D eigenvalue weighted by Crippen LogP contribution is -1.91. The Balaban J connectivity index is 2.17. The molecule has 0 aliphatic carbocycles. The van der Waals surface area contributed by atoms with Crippen LogP contribution in [0.25, 0.3) is 0 Å². The SMILES string of the molecule is CC(C)c1ccc(Oc2nccnc2Cl)cc1. The van der Waals surface area contributed by atoms with Gasteiger partial charge >= 0.3 is 0 Å². The molecule has 0 aliphatic heterocycles. The van der Waals surface area contributed by atoms with Crippen LogP contribution in [-0.4, -0.2) is 9.97 Å². The van der Waals surface area contributed by atoms with Crippen molar-refractivity contribution >= 4 is 11.6 Å². The van der Waals surface area contributed by atoms with Gasteiger partial charge in [-0.15, -0.1) is 0 Å². The number of aromatic nitrogens is 2. The maximum absolute atomic E-state index is 5.86. The lowest BCUT2D eigenvalue weighted by Gasteiger charge is -2.08. The summed E-state index contributed by atoms with van der Waals surface area (Å²) in [5, 5.41) is 0.264. The van der Waals surface area contributed by atoms with Crippen LogP contribution in [0.2, 0.25) is 5.15 Å². The second-order valence-electron chi connectivity index (χ2n) is 3.98. The molecule has 0 fully saturated rings. The third-order valence-electron chi connectivity index (χ3n) is 2.38. The summed E-state index contributed by atoms with van der Waals surface area (Å²) in [6, 6.07) is 7.87. The molecule has 1 aromatic carbocycles. The number of rotatable bonds is 3. The standard InChI is InChI=1S/C13H13ClN2O/c1-9(2)10-3-5-11(6-4-10)17-13-12(14)15-7-8-16-13/h3-9H,1-2H3. The van der Waals surface area contributed by atoms with Gasteiger partial charge in [0.15, 0.2) is 5.15 Å². The zero-order valence-electron chi connectivity index (χ0n) is 9.72. The number of hydrogen-bond donors (Lipinski definition) is 0. The molecule has 0 aliphatic rings. The van der Waals surface area contributed by atoms with E-state index in [9.17, 15) is 0 Å². The van der Waals surface area contributed by atoms with Crippen molar-refractivity contribution in [3.63, 3.8) is 0 Å². The summed E-state index contributed by atoms with van der Waals surface area (Å²) >= 11 is 5.86. The lowest BCUT2D eigenvalue weighted by atomic mass is 10.0. The highest BCUT2D eigenvalue weighted by Gasteiger charge is 2.05. The molecule has 3 nitrogen and oxygen atoms in total. The summed E-state index contributed by atoms with van der Waals surface area (Å²) in [5.41, 5.74) is 1.27. The molecule has 17 heavy (non-hydrogen) atoms. The summed E-state index contributed by atoms with van der Waals surface area (Å²) in [6.07, 6.45) is 3.07. The van der Waals surface area contributed by atoms with Gasteiger partial charge in [-0.05, 0) is 23.6 Å². The zero-order chi connectivity index (χ0) is 12.3. The first-order chi connectivity index (χ1) is 8.16. The highest BCUT2D eigenvalue weighted by Crippen LogP contribution is 2.26. The second-order valence-corrected chi connectivity index (χ2v) is 4.34. The van der Waals surface area contributed by atoms with Crippen LogP contribution in [0.1, 0.15) is 25.3 Å². The van der Waals surface area contributed by atoms with Gasteiger partial charge in [0.05, 0.1) is 0 Å². The van der Waals surface area contributed by atoms with Crippen molar-refractivity contribution in [1.29, 1.82) is 0 Å². The highest BCUT2D eigenvalue weighted by molar-refractivity contribution is 6.30. The lowest BCUT2D eigenvalue weighted by molar-refractivity contribution is 0.460. The Bertz CT molecular complexity index is 497. The minimum Gasteiger partial charge on any atom is -0.436 e. The van der Waals surface area contributed by atoms with Gasteiger partial charge in [-0.1, -0.05) is 37.6 Å². The van der Waals surface area contributed by atoms with E-state index < -0.39 is 0 Å². The van der Waals surface area contributed by atoms with Gasteiger partial charge in [0.2, 0.25) is 0 Å². The maximum Gasteiger partial charge on any atom is 0.257 e. The van der Waals surface area contributed by atoms with Crippen molar-refractivity contribution in [1.82, 2.24) is 9.97 Å². The molecule has 1 heterocycles. The number of hydrogen-bond acceptors (Lipinski definition) is 3. The smallest absolute Gasteiger partial charge is 0.257 e. The average Bonchev–Trinajstić information content (AvgIpc) is 2.33. The molecule has 0 spiro atoms. The Morgan fingerprint density at radius 3 is 2.29 bits per heavy atom. The van der Waals surface area contributed by atoms with E-state index in [0.717, 1.165) is 0 Å². The Kier molecular flexibility index (Phi) is 3.59. The summed E-state index contributed by atoms with van der Waals surface area (Å²) < 4.78 is 5.54. The fourth-order valence-corrected chi connectivity index (χ4v) is 1.55. The van der Waals surface area contributed by atoms with Crippen LogP contribution >= 0.6 is 11.6 Å². The molecule has 0 saturated heterocycles. The van der Waals surface area contributed by atoms with Crippen molar-refractivity contribution < 1.29 is 4.74 Å². The van der Waals surface area contributed by atoms with Gasteiger partial charge < -0.3 is 4.74 Å². The van der Waals surface area contributed by atoms with E-state index in [1.54, 1.807) is 6.20 Å². The van der Waals surface area contributed by atoms with E-state index in [-0.39, 0.29) is 5.15 Å². The molecule has 0 amide bonds. The van der Waals surface area contributed by atoms with Crippen molar-refractivity contribution in [2.75, 3.05) is 0 Å². The largest absolute Gasteiger partial charge is 0.436 e. The first kappa shape index (κ1) is 11.9. The predicted molar refractivity (Wildman–Crippen MR) is 67.6 cm³/mol. The first-order valence-corrected chi connectivity index (χ1v) is 5.79. The van der Waals surface area contributed by atoms with E-state index in [2.05, 4.69) is 23.8 Å². The van der Waals surface area contributed by atoms with Gasteiger partial charge in [0, 0.05) is 12.4 Å². The molecule has 0 N–H and O–H groups in total. The normalized spacial score (nSPS) is 10.6. The minimum atomic E-state index is 0.264. The summed E-state index contributed by atoms with van der Waals surface area (Å²) in [7, 11) is 0. The Morgan fingerprint density at radius 2 is 1.71 bits per heavy atom. The van der Waals surface area contributed by atoms with E-state index in [0.29, 0.717) is 17.5 Å². The molecule has 4 heteroatoms. The molecule has 0 unspecified atom stereocenters. The summed E-state index contributed by atoms with van der Waals surface area (Å²) in [5.74, 6) is 1.53. The van der Waals surface area contributed by atoms with Crippen LogP contribution in [0, 0.1) is 0 Å². The third kappa shape index (κ3) is 2.94. The monoisotopic (exact) mass is 248 g/mol. The molecular formula is C13H13ClN2O. The molecule has 0 atom stereocenters. The minimum absolute atomic E-state index is 0.264. The Hall–Kier alpha value is -1.61. The van der Waals surface area contributed by atoms with Gasteiger partial charge in [-0.3, -0.25) is 0 Å². The van der Waals surface area contributed by atoms with E-state index in [4.69, 9.17) is 16.3 Å². The molecule has 0 bridgehead atoms. The fraction of sp³-hybridized carbons (Fsp3) is 0.231. The maximum atomic E-state index is 5.86. The predicted octanol–water partition coefficient (Wildman–Crippen LogP) is 4.05. The second kappa shape index (κ2) is 5.15. The van der Waals surface area contributed by atoms with Crippen LogP contribution in [-0.2, 0) is 0 Å². The molecule has 1 aromatic heterocycles. The molecule has 2 rings (SSSR count). The van der Waals surface area contributed by atoms with Gasteiger partial charge in [0.1, 0.15) is 5.75 Å². The van der Waals surface area contributed by atoms with Crippen molar-refractivity contribution in [3.05, 3.63) is 47.4 Å². The van der Waals surface area contributed by atoms with Crippen LogP contribution in [0.4, 0.5) is 0 Å². The third-order valence-corrected chi connectivity index (χ3v) is 2.64. The molecular weight excluding hydrogens is 236 g/mol. The van der Waals surface area contributed by atoms with Crippen molar-refractivity contribution in [2.24, 2.45) is 0 Å². The number of nitrogens with zero attached hydrogens (tertiary/aromatic N) is 2. The zero-order valence-corrected chi connectivity index (χ0v) is 10.5. The topological polar surface area (TPSA) is 35.0 Å². The van der Waals surface area contributed by atoms with Crippen LogP contribution in [0.5, 0.6) is 11.6 Å². The molecule has 0 saturated carbocycles. The van der Waals surface area contributed by atoms with Crippen LogP contribution in [0.3, 0.4) is 0 Å². The van der Waals surface area contributed by atoms with Crippen molar-refractivity contribution in [2.45, 2.75) is 19.8 Å². The van der Waals surface area contributed by atoms with Gasteiger partial charge in [0.25, 0.3) is 5.88 Å². The number of benzene rings is 1. The summed E-state index contributed by atoms with van der Waals surface area (Å²) in [6.45, 7) is 4.30. The van der Waals surface area contributed by atoms with E-state index >= 15 is 0 Å².